The molecule has 6 heteroatoms. The Hall–Kier alpha value is -0.980. The van der Waals surface area contributed by atoms with Crippen LogP contribution in [0.15, 0.2) is 5.38 Å². The van der Waals surface area contributed by atoms with E-state index in [0.717, 1.165) is 25.3 Å². The number of rotatable bonds is 3. The van der Waals surface area contributed by atoms with E-state index >= 15 is 0 Å². The molecule has 1 aliphatic rings. The number of hydrogen-bond acceptors (Lipinski definition) is 5. The SMILES string of the molecule is Cc1csc(NC(=O)CN2CCNC(C)C2)n1. The first-order chi connectivity index (χ1) is 8.13. The van der Waals surface area contributed by atoms with E-state index in [4.69, 9.17) is 0 Å². The number of amides is 1. The highest BCUT2D eigenvalue weighted by Gasteiger charge is 2.18. The van der Waals surface area contributed by atoms with Crippen LogP contribution >= 0.6 is 11.3 Å². The Morgan fingerprint density at radius 1 is 1.76 bits per heavy atom. The largest absolute Gasteiger partial charge is 0.312 e. The van der Waals surface area contributed by atoms with E-state index in [0.29, 0.717) is 17.7 Å². The summed E-state index contributed by atoms with van der Waals surface area (Å²) in [6.07, 6.45) is 0. The van der Waals surface area contributed by atoms with Crippen molar-refractivity contribution in [1.82, 2.24) is 15.2 Å². The van der Waals surface area contributed by atoms with Gasteiger partial charge in [-0.15, -0.1) is 11.3 Å². The van der Waals surface area contributed by atoms with E-state index in [2.05, 4.69) is 27.4 Å². The lowest BCUT2D eigenvalue weighted by Gasteiger charge is -2.31. The van der Waals surface area contributed by atoms with Crippen molar-refractivity contribution >= 4 is 22.4 Å². The molecule has 0 aliphatic carbocycles. The Morgan fingerprint density at radius 2 is 2.59 bits per heavy atom. The number of anilines is 1. The standard InChI is InChI=1S/C11H18N4OS/c1-8-5-15(4-3-12-8)6-10(16)14-11-13-9(2)7-17-11/h7-8,12H,3-6H2,1-2H3,(H,13,14,16). The number of aryl methyl sites for hydroxylation is 1. The van der Waals surface area contributed by atoms with Crippen LogP contribution in [0.5, 0.6) is 0 Å². The zero-order valence-electron chi connectivity index (χ0n) is 10.2. The van der Waals surface area contributed by atoms with E-state index in [-0.39, 0.29) is 5.91 Å². The van der Waals surface area contributed by atoms with Gasteiger partial charge in [0.05, 0.1) is 12.2 Å². The normalized spacial score (nSPS) is 21.4. The molecule has 1 amide bonds. The molecule has 0 saturated carbocycles. The maximum absolute atomic E-state index is 11.8. The minimum Gasteiger partial charge on any atom is -0.312 e. The molecular weight excluding hydrogens is 236 g/mol. The Bertz CT molecular complexity index is 393. The second kappa shape index (κ2) is 5.57. The second-order valence-electron chi connectivity index (χ2n) is 4.43. The molecule has 0 bridgehead atoms. The number of aromatic nitrogens is 1. The third kappa shape index (κ3) is 3.76. The number of carbonyl (C=O) groups is 1. The Labute approximate surface area is 105 Å². The summed E-state index contributed by atoms with van der Waals surface area (Å²) in [6, 6.07) is 0.457. The summed E-state index contributed by atoms with van der Waals surface area (Å²) < 4.78 is 0. The van der Waals surface area contributed by atoms with Crippen LogP contribution in [0.2, 0.25) is 0 Å². The Kier molecular flexibility index (Phi) is 4.09. The van der Waals surface area contributed by atoms with Crippen LogP contribution in [-0.2, 0) is 4.79 Å². The number of carbonyl (C=O) groups excluding carboxylic acids is 1. The van der Waals surface area contributed by atoms with Gasteiger partial charge < -0.3 is 10.6 Å². The first kappa shape index (κ1) is 12.5. The topological polar surface area (TPSA) is 57.3 Å². The van der Waals surface area contributed by atoms with E-state index in [9.17, 15) is 4.79 Å². The summed E-state index contributed by atoms with van der Waals surface area (Å²) in [4.78, 5) is 18.2. The molecule has 0 spiro atoms. The quantitative estimate of drug-likeness (QED) is 0.833. The summed E-state index contributed by atoms with van der Waals surface area (Å²) in [5.41, 5.74) is 0.945. The minimum absolute atomic E-state index is 0.0217. The average Bonchev–Trinajstić information content (AvgIpc) is 2.63. The van der Waals surface area contributed by atoms with Gasteiger partial charge in [0.25, 0.3) is 0 Å². The maximum atomic E-state index is 11.8. The van der Waals surface area contributed by atoms with Crippen molar-refractivity contribution < 1.29 is 4.79 Å². The highest BCUT2D eigenvalue weighted by atomic mass is 32.1. The third-order valence-corrected chi connectivity index (χ3v) is 3.56. The van der Waals surface area contributed by atoms with E-state index in [1.807, 2.05) is 12.3 Å². The van der Waals surface area contributed by atoms with Crippen LogP contribution in [0.4, 0.5) is 5.13 Å². The second-order valence-corrected chi connectivity index (χ2v) is 5.29. The lowest BCUT2D eigenvalue weighted by Crippen LogP contribution is -2.51. The fourth-order valence-electron chi connectivity index (χ4n) is 1.93. The van der Waals surface area contributed by atoms with E-state index in [1.54, 1.807) is 0 Å². The van der Waals surface area contributed by atoms with Crippen molar-refractivity contribution in [3.63, 3.8) is 0 Å². The van der Waals surface area contributed by atoms with Crippen molar-refractivity contribution in [3.8, 4) is 0 Å². The van der Waals surface area contributed by atoms with Gasteiger partial charge >= 0.3 is 0 Å². The zero-order valence-corrected chi connectivity index (χ0v) is 11.0. The van der Waals surface area contributed by atoms with Crippen molar-refractivity contribution in [2.24, 2.45) is 0 Å². The molecule has 0 aromatic carbocycles. The third-order valence-electron chi connectivity index (χ3n) is 2.69. The maximum Gasteiger partial charge on any atom is 0.240 e. The molecule has 5 nitrogen and oxygen atoms in total. The molecule has 1 unspecified atom stereocenters. The first-order valence-electron chi connectivity index (χ1n) is 5.81. The Balaban J connectivity index is 1.80. The predicted octanol–water partition coefficient (Wildman–Crippen LogP) is 0.684. The van der Waals surface area contributed by atoms with Crippen LogP contribution in [0.1, 0.15) is 12.6 Å². The van der Waals surface area contributed by atoms with Gasteiger partial charge in [0.1, 0.15) is 0 Å². The number of nitrogens with zero attached hydrogens (tertiary/aromatic N) is 2. The molecule has 2 N–H and O–H groups in total. The van der Waals surface area contributed by atoms with Crippen LogP contribution < -0.4 is 10.6 Å². The van der Waals surface area contributed by atoms with Crippen LogP contribution in [0.25, 0.3) is 0 Å². The van der Waals surface area contributed by atoms with Gasteiger partial charge in [-0.1, -0.05) is 0 Å². The molecule has 2 rings (SSSR count). The molecule has 0 radical (unpaired) electrons. The molecule has 94 valence electrons. The van der Waals surface area contributed by atoms with Crippen LogP contribution in [0.3, 0.4) is 0 Å². The molecule has 1 aromatic rings. The predicted molar refractivity (Wildman–Crippen MR) is 69.4 cm³/mol. The summed E-state index contributed by atoms with van der Waals surface area (Å²) in [7, 11) is 0. The van der Waals surface area contributed by atoms with Gasteiger partial charge in [0.15, 0.2) is 5.13 Å². The minimum atomic E-state index is 0.0217. The Morgan fingerprint density at radius 3 is 3.24 bits per heavy atom. The number of nitrogens with one attached hydrogen (secondary N) is 2. The summed E-state index contributed by atoms with van der Waals surface area (Å²) in [5, 5.41) is 8.81. The molecule has 1 saturated heterocycles. The van der Waals surface area contributed by atoms with Gasteiger partial charge in [0.2, 0.25) is 5.91 Å². The molecule has 1 aromatic heterocycles. The summed E-state index contributed by atoms with van der Waals surface area (Å²) in [6.45, 7) is 7.30. The van der Waals surface area contributed by atoms with Crippen molar-refractivity contribution in [2.75, 3.05) is 31.5 Å². The van der Waals surface area contributed by atoms with Crippen LogP contribution in [-0.4, -0.2) is 48.0 Å². The highest BCUT2D eigenvalue weighted by molar-refractivity contribution is 7.13. The van der Waals surface area contributed by atoms with Gasteiger partial charge in [-0.2, -0.15) is 0 Å². The van der Waals surface area contributed by atoms with Crippen molar-refractivity contribution in [3.05, 3.63) is 11.1 Å². The van der Waals surface area contributed by atoms with Crippen LogP contribution in [0, 0.1) is 6.92 Å². The lowest BCUT2D eigenvalue weighted by atomic mass is 10.2. The van der Waals surface area contributed by atoms with E-state index in [1.165, 1.54) is 11.3 Å². The number of hydrogen-bond donors (Lipinski definition) is 2. The average molecular weight is 254 g/mol. The molecular formula is C11H18N4OS. The first-order valence-corrected chi connectivity index (χ1v) is 6.69. The summed E-state index contributed by atoms with van der Waals surface area (Å²) >= 11 is 1.47. The summed E-state index contributed by atoms with van der Waals surface area (Å²) in [5.74, 6) is 0.0217. The molecule has 1 aliphatic heterocycles. The smallest absolute Gasteiger partial charge is 0.240 e. The fraction of sp³-hybridized carbons (Fsp3) is 0.636. The van der Waals surface area contributed by atoms with Crippen molar-refractivity contribution in [1.29, 1.82) is 0 Å². The fourth-order valence-corrected chi connectivity index (χ4v) is 2.63. The van der Waals surface area contributed by atoms with E-state index < -0.39 is 0 Å². The monoisotopic (exact) mass is 254 g/mol. The molecule has 1 fully saturated rings. The van der Waals surface area contributed by atoms with Gasteiger partial charge in [0, 0.05) is 31.1 Å². The van der Waals surface area contributed by atoms with Gasteiger partial charge in [-0.25, -0.2) is 4.98 Å². The van der Waals surface area contributed by atoms with Gasteiger partial charge in [-0.3, -0.25) is 9.69 Å². The number of thiazole rings is 1. The number of piperazine rings is 1. The zero-order chi connectivity index (χ0) is 12.3. The molecule has 17 heavy (non-hydrogen) atoms. The lowest BCUT2D eigenvalue weighted by molar-refractivity contribution is -0.117. The highest BCUT2D eigenvalue weighted by Crippen LogP contribution is 2.14. The van der Waals surface area contributed by atoms with Crippen molar-refractivity contribution in [2.45, 2.75) is 19.9 Å². The molecule has 2 heterocycles. The molecule has 1 atom stereocenters. The van der Waals surface area contributed by atoms with Gasteiger partial charge in [-0.05, 0) is 13.8 Å².